The Bertz CT molecular complexity index is 748. The summed E-state index contributed by atoms with van der Waals surface area (Å²) < 4.78 is 6.47. The van der Waals surface area contributed by atoms with E-state index in [4.69, 9.17) is 4.74 Å². The fraction of sp³-hybridized carbons (Fsp3) is 0.931. The van der Waals surface area contributed by atoms with Gasteiger partial charge in [-0.1, -0.05) is 27.7 Å². The highest BCUT2D eigenvalue weighted by Crippen LogP contribution is 2.68. The van der Waals surface area contributed by atoms with Crippen LogP contribution in [-0.4, -0.2) is 53.6 Å². The maximum Gasteiger partial charge on any atom is 0.320 e. The molecule has 0 amide bonds. The number of nitrogens with zero attached hydrogens (tertiary/aromatic N) is 1. The van der Waals surface area contributed by atoms with E-state index in [1.165, 1.54) is 0 Å². The van der Waals surface area contributed by atoms with E-state index in [0.29, 0.717) is 36.0 Å². The third-order valence-corrected chi connectivity index (χ3v) is 10.8. The van der Waals surface area contributed by atoms with Gasteiger partial charge in [-0.05, 0) is 113 Å². The van der Waals surface area contributed by atoms with Gasteiger partial charge in [0, 0.05) is 11.8 Å². The largest absolute Gasteiger partial charge is 0.461 e. The molecule has 5 nitrogen and oxygen atoms in total. The first kappa shape index (κ1) is 26.1. The van der Waals surface area contributed by atoms with Crippen LogP contribution in [0.25, 0.3) is 0 Å². The van der Waals surface area contributed by atoms with Crippen LogP contribution in [0.1, 0.15) is 98.8 Å². The van der Waals surface area contributed by atoms with Crippen LogP contribution in [0.15, 0.2) is 0 Å². The quantitative estimate of drug-likeness (QED) is 0.486. The molecule has 0 aromatic carbocycles. The van der Waals surface area contributed by atoms with Crippen LogP contribution < -0.4 is 0 Å². The summed E-state index contributed by atoms with van der Waals surface area (Å²) in [5.41, 5.74) is 0.0388. The fourth-order valence-corrected chi connectivity index (χ4v) is 9.39. The lowest BCUT2D eigenvalue weighted by molar-refractivity contribution is -0.199. The van der Waals surface area contributed by atoms with Gasteiger partial charge in [0.05, 0.1) is 12.6 Å². The number of ether oxygens (including phenoxy) is 1. The molecule has 0 bridgehead atoms. The van der Waals surface area contributed by atoms with Crippen LogP contribution in [-0.2, 0) is 14.3 Å². The number of ketones is 1. The zero-order valence-corrected chi connectivity index (χ0v) is 22.4. The number of hydrogen-bond donors (Lipinski definition) is 1. The molecule has 9 atom stereocenters. The van der Waals surface area contributed by atoms with Gasteiger partial charge in [0.2, 0.25) is 0 Å². The number of hydrogen-bond acceptors (Lipinski definition) is 5. The van der Waals surface area contributed by atoms with Crippen molar-refractivity contribution in [2.45, 2.75) is 111 Å². The van der Waals surface area contributed by atoms with Crippen LogP contribution in [0.4, 0.5) is 0 Å². The molecule has 4 aliphatic carbocycles. The summed E-state index contributed by atoms with van der Waals surface area (Å²) in [6.07, 6.45) is 9.77. The van der Waals surface area contributed by atoms with E-state index in [1.807, 2.05) is 0 Å². The Kier molecular flexibility index (Phi) is 7.84. The third kappa shape index (κ3) is 4.61. The minimum Gasteiger partial charge on any atom is -0.461 e. The lowest BCUT2D eigenvalue weighted by Gasteiger charge is -2.62. The van der Waals surface area contributed by atoms with Gasteiger partial charge < -0.3 is 9.84 Å². The van der Waals surface area contributed by atoms with Gasteiger partial charge in [0.1, 0.15) is 11.9 Å². The molecule has 0 radical (unpaired) electrons. The standard InChI is InChI=1S/C29H49NO4/c1-6-14-30(15-7-2)18-26(33)34-25-17-29(5)23(19(3)31)10-11-24(29)22-9-8-20-16-21(32)12-13-28(20,4)27(22)25/h20-25,27,32H,6-18H2,1-5H3/t20-,21+,22-,23+,24-,25-,27+,28-,29+/m0/s1. The minimum atomic E-state index is -0.185. The molecule has 4 rings (SSSR count). The van der Waals surface area contributed by atoms with Crippen molar-refractivity contribution in [2.24, 2.45) is 40.4 Å². The topological polar surface area (TPSA) is 66.8 Å². The lowest BCUT2D eigenvalue weighted by atomic mass is 9.43. The number of carbonyl (C=O) groups is 2. The maximum atomic E-state index is 13.3. The first-order valence-corrected chi connectivity index (χ1v) is 14.2. The van der Waals surface area contributed by atoms with Crippen molar-refractivity contribution in [1.82, 2.24) is 4.90 Å². The van der Waals surface area contributed by atoms with Crippen LogP contribution in [0.2, 0.25) is 0 Å². The monoisotopic (exact) mass is 475 g/mol. The predicted octanol–water partition coefficient (Wildman–Crippen LogP) is 5.24. The molecule has 34 heavy (non-hydrogen) atoms. The van der Waals surface area contributed by atoms with Gasteiger partial charge in [0.15, 0.2) is 0 Å². The zero-order chi connectivity index (χ0) is 24.7. The average Bonchev–Trinajstić information content (AvgIpc) is 3.11. The van der Waals surface area contributed by atoms with Crippen molar-refractivity contribution >= 4 is 11.8 Å². The molecule has 0 saturated heterocycles. The van der Waals surface area contributed by atoms with Crippen molar-refractivity contribution in [3.8, 4) is 0 Å². The predicted molar refractivity (Wildman–Crippen MR) is 134 cm³/mol. The van der Waals surface area contributed by atoms with E-state index in [1.54, 1.807) is 6.92 Å². The smallest absolute Gasteiger partial charge is 0.320 e. The second-order valence-electron chi connectivity index (χ2n) is 12.8. The highest BCUT2D eigenvalue weighted by atomic mass is 16.5. The van der Waals surface area contributed by atoms with Gasteiger partial charge in [-0.15, -0.1) is 0 Å². The average molecular weight is 476 g/mol. The second-order valence-corrected chi connectivity index (χ2v) is 12.8. The summed E-state index contributed by atoms with van der Waals surface area (Å²) in [4.78, 5) is 28.2. The zero-order valence-electron chi connectivity index (χ0n) is 22.4. The van der Waals surface area contributed by atoms with Gasteiger partial charge in [-0.2, -0.15) is 0 Å². The maximum absolute atomic E-state index is 13.3. The molecule has 4 saturated carbocycles. The normalized spacial score (nSPS) is 43.7. The Morgan fingerprint density at radius 3 is 2.35 bits per heavy atom. The number of rotatable bonds is 8. The molecule has 194 valence electrons. The van der Waals surface area contributed by atoms with E-state index in [2.05, 4.69) is 32.6 Å². The number of Topliss-reactive ketones (excluding diaryl/α,β-unsaturated/α-hetero) is 1. The highest BCUT2D eigenvalue weighted by molar-refractivity contribution is 5.79. The Morgan fingerprint density at radius 1 is 1.00 bits per heavy atom. The SMILES string of the molecule is CCCN(CCC)CC(=O)O[C@H]1C[C@]2(C)[C@@H](C(C)=O)CC[C@H]2[C@@H]2CC[C@H]3C[C@H](O)CC[C@]3(C)[C@H]21. The number of carbonyl (C=O) groups excluding carboxylic acids is 2. The fourth-order valence-electron chi connectivity index (χ4n) is 9.39. The van der Waals surface area contributed by atoms with E-state index in [9.17, 15) is 14.7 Å². The Hall–Kier alpha value is -0.940. The van der Waals surface area contributed by atoms with Gasteiger partial charge in [-0.25, -0.2) is 0 Å². The van der Waals surface area contributed by atoms with Crippen molar-refractivity contribution in [3.63, 3.8) is 0 Å². The molecule has 0 aromatic rings. The Labute approximate surface area is 207 Å². The van der Waals surface area contributed by atoms with Gasteiger partial charge in [-0.3, -0.25) is 14.5 Å². The van der Waals surface area contributed by atoms with Gasteiger partial charge in [0.25, 0.3) is 0 Å². The van der Waals surface area contributed by atoms with Gasteiger partial charge >= 0.3 is 5.97 Å². The minimum absolute atomic E-state index is 0.0676. The van der Waals surface area contributed by atoms with Crippen LogP contribution in [0.3, 0.4) is 0 Å². The van der Waals surface area contributed by atoms with E-state index in [-0.39, 0.29) is 34.9 Å². The van der Waals surface area contributed by atoms with Crippen molar-refractivity contribution < 1.29 is 19.4 Å². The van der Waals surface area contributed by atoms with E-state index in [0.717, 1.165) is 77.3 Å². The third-order valence-electron chi connectivity index (χ3n) is 10.8. The number of aliphatic hydroxyl groups excluding tert-OH is 1. The molecule has 0 spiro atoms. The number of esters is 1. The summed E-state index contributed by atoms with van der Waals surface area (Å²) in [5.74, 6) is 2.22. The number of fused-ring (bicyclic) bond motifs is 5. The summed E-state index contributed by atoms with van der Waals surface area (Å²) in [6.45, 7) is 13.0. The molecular weight excluding hydrogens is 426 g/mol. The molecule has 1 N–H and O–H groups in total. The van der Waals surface area contributed by atoms with Crippen molar-refractivity contribution in [2.75, 3.05) is 19.6 Å². The van der Waals surface area contributed by atoms with E-state index < -0.39 is 0 Å². The highest BCUT2D eigenvalue weighted by Gasteiger charge is 2.64. The number of aliphatic hydroxyl groups is 1. The second kappa shape index (κ2) is 10.2. The molecule has 0 aliphatic heterocycles. The molecule has 4 aliphatic rings. The molecular formula is C29H49NO4. The van der Waals surface area contributed by atoms with Crippen molar-refractivity contribution in [1.29, 1.82) is 0 Å². The van der Waals surface area contributed by atoms with Crippen LogP contribution in [0, 0.1) is 40.4 Å². The Morgan fingerprint density at radius 2 is 1.71 bits per heavy atom. The lowest BCUT2D eigenvalue weighted by Crippen LogP contribution is -2.60. The molecule has 0 unspecified atom stereocenters. The molecule has 0 aromatic heterocycles. The summed E-state index contributed by atoms with van der Waals surface area (Å²) in [6, 6.07) is 0. The summed E-state index contributed by atoms with van der Waals surface area (Å²) in [7, 11) is 0. The molecule has 5 heteroatoms. The van der Waals surface area contributed by atoms with Crippen molar-refractivity contribution in [3.05, 3.63) is 0 Å². The van der Waals surface area contributed by atoms with Crippen LogP contribution in [0.5, 0.6) is 0 Å². The molecule has 4 fully saturated rings. The Balaban J connectivity index is 1.62. The molecule has 0 heterocycles. The summed E-state index contributed by atoms with van der Waals surface area (Å²) in [5, 5.41) is 10.4. The summed E-state index contributed by atoms with van der Waals surface area (Å²) >= 11 is 0. The first-order valence-electron chi connectivity index (χ1n) is 14.2. The van der Waals surface area contributed by atoms with Crippen LogP contribution >= 0.6 is 0 Å². The van der Waals surface area contributed by atoms with E-state index >= 15 is 0 Å². The first-order chi connectivity index (χ1) is 16.1.